The van der Waals surface area contributed by atoms with Crippen LogP contribution in [0.3, 0.4) is 0 Å². The van der Waals surface area contributed by atoms with Gasteiger partial charge in [0.1, 0.15) is 0 Å². The zero-order valence-electron chi connectivity index (χ0n) is 9.02. The van der Waals surface area contributed by atoms with E-state index in [1.165, 1.54) is 0 Å². The highest BCUT2D eigenvalue weighted by Crippen LogP contribution is 1.97. The number of aliphatic imine (C=N–C) groups is 1. The van der Waals surface area contributed by atoms with Gasteiger partial charge in [0, 0.05) is 11.4 Å². The molecule has 0 bridgehead atoms. The van der Waals surface area contributed by atoms with Crippen molar-refractivity contribution >= 4 is 5.71 Å². The van der Waals surface area contributed by atoms with Gasteiger partial charge >= 0.3 is 0 Å². The Kier molecular flexibility index (Phi) is 11.6. The average molecular weight is 167 g/mol. The lowest BCUT2D eigenvalue weighted by molar-refractivity contribution is 1.20. The summed E-state index contributed by atoms with van der Waals surface area (Å²) in [6, 6.07) is 0. The number of rotatable bonds is 3. The third kappa shape index (κ3) is 9.15. The van der Waals surface area contributed by atoms with E-state index in [1.54, 1.807) is 6.08 Å². The van der Waals surface area contributed by atoms with Gasteiger partial charge in [-0.05, 0) is 26.3 Å². The molecule has 0 aliphatic rings. The molecule has 0 amide bonds. The van der Waals surface area contributed by atoms with Crippen molar-refractivity contribution in [2.45, 2.75) is 41.0 Å². The molecule has 0 saturated heterocycles. The molecule has 0 radical (unpaired) electrons. The fraction of sp³-hybridized carbons (Fsp3) is 0.545. The molecule has 0 fully saturated rings. The molecule has 0 aromatic heterocycles. The van der Waals surface area contributed by atoms with Crippen molar-refractivity contribution in [3.05, 3.63) is 24.4 Å². The highest BCUT2D eigenvalue weighted by molar-refractivity contribution is 5.82. The standard InChI is InChI=1S/C9H15N.C2H6/c1-5-7-9(4)10-8(3)6-2;1-2/h5,7H,1,6H2,2-4H3;1-2H3/b9-7-,10-8?;. The van der Waals surface area contributed by atoms with Crippen LogP contribution < -0.4 is 0 Å². The first-order chi connectivity index (χ1) is 5.70. The minimum atomic E-state index is 1.02. The summed E-state index contributed by atoms with van der Waals surface area (Å²) in [5.74, 6) is 0. The molecule has 0 heterocycles. The third-order valence-corrected chi connectivity index (χ3v) is 1.24. The van der Waals surface area contributed by atoms with Crippen molar-refractivity contribution in [2.24, 2.45) is 4.99 Å². The van der Waals surface area contributed by atoms with Crippen LogP contribution in [-0.2, 0) is 0 Å². The van der Waals surface area contributed by atoms with Crippen LogP contribution in [0.25, 0.3) is 0 Å². The summed E-state index contributed by atoms with van der Waals surface area (Å²) in [5.41, 5.74) is 2.19. The summed E-state index contributed by atoms with van der Waals surface area (Å²) in [6.07, 6.45) is 4.67. The molecule has 1 nitrogen and oxygen atoms in total. The van der Waals surface area contributed by atoms with Crippen LogP contribution in [0.2, 0.25) is 0 Å². The van der Waals surface area contributed by atoms with E-state index >= 15 is 0 Å². The molecule has 0 aromatic rings. The maximum absolute atomic E-state index is 4.29. The van der Waals surface area contributed by atoms with Crippen LogP contribution in [0, 0.1) is 0 Å². The molecule has 70 valence electrons. The fourth-order valence-electron chi connectivity index (χ4n) is 0.588. The lowest BCUT2D eigenvalue weighted by Gasteiger charge is -1.93. The summed E-state index contributed by atoms with van der Waals surface area (Å²) in [4.78, 5) is 4.29. The Morgan fingerprint density at radius 3 is 2.17 bits per heavy atom. The number of hydrogen-bond donors (Lipinski definition) is 0. The van der Waals surface area contributed by atoms with Gasteiger partial charge < -0.3 is 0 Å². The Labute approximate surface area is 76.9 Å². The summed E-state index contributed by atoms with van der Waals surface area (Å²) in [7, 11) is 0. The molecule has 0 aliphatic carbocycles. The normalized spacial score (nSPS) is 11.8. The predicted octanol–water partition coefficient (Wildman–Crippen LogP) is 3.97. The van der Waals surface area contributed by atoms with Crippen LogP contribution in [0.4, 0.5) is 0 Å². The Morgan fingerprint density at radius 1 is 1.33 bits per heavy atom. The van der Waals surface area contributed by atoms with Crippen molar-refractivity contribution < 1.29 is 0 Å². The van der Waals surface area contributed by atoms with Gasteiger partial charge in [0.25, 0.3) is 0 Å². The maximum atomic E-state index is 4.29. The van der Waals surface area contributed by atoms with Gasteiger partial charge in [-0.1, -0.05) is 33.4 Å². The highest BCUT2D eigenvalue weighted by atomic mass is 14.7. The highest BCUT2D eigenvalue weighted by Gasteiger charge is 1.84. The molecular formula is C11H21N. The predicted molar refractivity (Wildman–Crippen MR) is 58.7 cm³/mol. The largest absolute Gasteiger partial charge is 0.263 e. The maximum Gasteiger partial charge on any atom is 0.0371 e. The van der Waals surface area contributed by atoms with Gasteiger partial charge in [-0.3, -0.25) is 4.99 Å². The van der Waals surface area contributed by atoms with Crippen molar-refractivity contribution in [1.82, 2.24) is 0 Å². The molecule has 1 heteroatoms. The second-order valence-corrected chi connectivity index (χ2v) is 2.24. The second-order valence-electron chi connectivity index (χ2n) is 2.24. The quantitative estimate of drug-likeness (QED) is 0.445. The molecule has 0 aliphatic heterocycles. The minimum Gasteiger partial charge on any atom is -0.263 e. The van der Waals surface area contributed by atoms with E-state index in [2.05, 4.69) is 18.5 Å². The molecule has 0 unspecified atom stereocenters. The van der Waals surface area contributed by atoms with Gasteiger partial charge in [0.05, 0.1) is 0 Å². The molecular weight excluding hydrogens is 146 g/mol. The van der Waals surface area contributed by atoms with E-state index in [1.807, 2.05) is 33.8 Å². The van der Waals surface area contributed by atoms with Crippen LogP contribution in [0.5, 0.6) is 0 Å². The molecule has 0 N–H and O–H groups in total. The monoisotopic (exact) mass is 167 g/mol. The summed E-state index contributed by atoms with van der Waals surface area (Å²) >= 11 is 0. The van der Waals surface area contributed by atoms with Crippen molar-refractivity contribution in [2.75, 3.05) is 0 Å². The van der Waals surface area contributed by atoms with E-state index in [0.717, 1.165) is 17.8 Å². The Bertz CT molecular complexity index is 164. The fourth-order valence-corrected chi connectivity index (χ4v) is 0.588. The Balaban J connectivity index is 0. The van der Waals surface area contributed by atoms with Gasteiger partial charge in [-0.25, -0.2) is 0 Å². The lowest BCUT2D eigenvalue weighted by Crippen LogP contribution is -1.86. The SMILES string of the molecule is C=C/C=C(/C)N=C(C)CC.CC. The lowest BCUT2D eigenvalue weighted by atomic mass is 10.3. The van der Waals surface area contributed by atoms with Crippen molar-refractivity contribution in [3.8, 4) is 0 Å². The third-order valence-electron chi connectivity index (χ3n) is 1.24. The van der Waals surface area contributed by atoms with E-state index < -0.39 is 0 Å². The average Bonchev–Trinajstić information content (AvgIpc) is 2.08. The van der Waals surface area contributed by atoms with E-state index in [9.17, 15) is 0 Å². The summed E-state index contributed by atoms with van der Waals surface area (Å²) in [5, 5.41) is 0. The molecule has 0 atom stereocenters. The minimum absolute atomic E-state index is 1.02. The molecule has 12 heavy (non-hydrogen) atoms. The molecule has 0 spiro atoms. The van der Waals surface area contributed by atoms with Crippen LogP contribution in [-0.4, -0.2) is 5.71 Å². The molecule has 0 saturated carbocycles. The second kappa shape index (κ2) is 10.2. The number of allylic oxidation sites excluding steroid dienone is 3. The number of hydrogen-bond acceptors (Lipinski definition) is 1. The summed E-state index contributed by atoms with van der Waals surface area (Å²) < 4.78 is 0. The first-order valence-electron chi connectivity index (χ1n) is 4.54. The van der Waals surface area contributed by atoms with Gasteiger partial charge in [0.2, 0.25) is 0 Å². The summed E-state index contributed by atoms with van der Waals surface area (Å²) in [6.45, 7) is 13.7. The van der Waals surface area contributed by atoms with Crippen LogP contribution >= 0.6 is 0 Å². The molecule has 0 aromatic carbocycles. The van der Waals surface area contributed by atoms with Crippen molar-refractivity contribution in [3.63, 3.8) is 0 Å². The van der Waals surface area contributed by atoms with Gasteiger partial charge in [-0.15, -0.1) is 0 Å². The van der Waals surface area contributed by atoms with E-state index in [-0.39, 0.29) is 0 Å². The smallest absolute Gasteiger partial charge is 0.0371 e. The number of nitrogens with zero attached hydrogens (tertiary/aromatic N) is 1. The van der Waals surface area contributed by atoms with Gasteiger partial charge in [0.15, 0.2) is 0 Å². The zero-order chi connectivity index (χ0) is 9.98. The zero-order valence-corrected chi connectivity index (χ0v) is 9.02. The molecule has 0 rings (SSSR count). The van der Waals surface area contributed by atoms with Crippen molar-refractivity contribution in [1.29, 1.82) is 0 Å². The van der Waals surface area contributed by atoms with E-state index in [0.29, 0.717) is 0 Å². The van der Waals surface area contributed by atoms with Gasteiger partial charge in [-0.2, -0.15) is 0 Å². The topological polar surface area (TPSA) is 12.4 Å². The van der Waals surface area contributed by atoms with Crippen LogP contribution in [0.1, 0.15) is 41.0 Å². The van der Waals surface area contributed by atoms with E-state index in [4.69, 9.17) is 0 Å². The first-order valence-corrected chi connectivity index (χ1v) is 4.54. The Hall–Kier alpha value is -0.850. The van der Waals surface area contributed by atoms with Crippen LogP contribution in [0.15, 0.2) is 29.4 Å². The Morgan fingerprint density at radius 2 is 1.83 bits per heavy atom. The first kappa shape index (κ1) is 13.7.